The van der Waals surface area contributed by atoms with Gasteiger partial charge in [0, 0.05) is 24.1 Å². The van der Waals surface area contributed by atoms with E-state index in [0.29, 0.717) is 0 Å². The summed E-state index contributed by atoms with van der Waals surface area (Å²) in [6.07, 6.45) is -0.235. The van der Waals surface area contributed by atoms with Crippen molar-refractivity contribution in [3.8, 4) is 0 Å². The number of rotatable bonds is 3. The Hall–Kier alpha value is 0.100. The van der Waals surface area contributed by atoms with Crippen molar-refractivity contribution in [1.82, 2.24) is 0 Å². The first-order valence-corrected chi connectivity index (χ1v) is 5.17. The summed E-state index contributed by atoms with van der Waals surface area (Å²) in [4.78, 5) is 1.12. The third-order valence-corrected chi connectivity index (χ3v) is 3.89. The summed E-state index contributed by atoms with van der Waals surface area (Å²) in [6, 6.07) is 0. The number of halogens is 1. The van der Waals surface area contributed by atoms with Crippen LogP contribution < -0.4 is 0 Å². The summed E-state index contributed by atoms with van der Waals surface area (Å²) in [5.41, 5.74) is 1.19. The predicted molar refractivity (Wildman–Crippen MR) is 53.5 cm³/mol. The normalized spacial score (nSPS) is 11.1. The summed E-state index contributed by atoms with van der Waals surface area (Å²) in [7, 11) is 3.28. The van der Waals surface area contributed by atoms with Gasteiger partial charge >= 0.3 is 0 Å². The molecule has 0 fully saturated rings. The van der Waals surface area contributed by atoms with Crippen LogP contribution in [0.15, 0.2) is 9.85 Å². The summed E-state index contributed by atoms with van der Waals surface area (Å²) in [5, 5.41) is 2.04. The number of thiophene rings is 1. The Morgan fingerprint density at radius 1 is 1.42 bits per heavy atom. The van der Waals surface area contributed by atoms with Crippen LogP contribution in [-0.4, -0.2) is 14.2 Å². The van der Waals surface area contributed by atoms with E-state index in [9.17, 15) is 0 Å². The molecule has 0 N–H and O–H groups in total. The van der Waals surface area contributed by atoms with E-state index in [1.165, 1.54) is 5.56 Å². The van der Waals surface area contributed by atoms with E-state index in [-0.39, 0.29) is 6.29 Å². The molecule has 0 aromatic carbocycles. The van der Waals surface area contributed by atoms with E-state index in [0.717, 1.165) is 9.35 Å². The van der Waals surface area contributed by atoms with E-state index in [2.05, 4.69) is 15.9 Å². The van der Waals surface area contributed by atoms with Crippen LogP contribution in [-0.2, 0) is 9.47 Å². The number of hydrogen-bond acceptors (Lipinski definition) is 3. The van der Waals surface area contributed by atoms with Crippen LogP contribution in [0.3, 0.4) is 0 Å². The minimum atomic E-state index is -0.235. The number of methoxy groups -OCH3 is 2. The molecule has 12 heavy (non-hydrogen) atoms. The molecule has 0 amide bonds. The van der Waals surface area contributed by atoms with Gasteiger partial charge in [0.25, 0.3) is 0 Å². The maximum absolute atomic E-state index is 5.15. The monoisotopic (exact) mass is 250 g/mol. The van der Waals surface area contributed by atoms with Crippen LogP contribution in [0.2, 0.25) is 0 Å². The maximum atomic E-state index is 5.15. The van der Waals surface area contributed by atoms with Gasteiger partial charge in [-0.3, -0.25) is 0 Å². The molecular weight excluding hydrogens is 240 g/mol. The molecule has 0 saturated carbocycles. The Morgan fingerprint density at radius 2 is 2.00 bits per heavy atom. The number of hydrogen-bond donors (Lipinski definition) is 0. The smallest absolute Gasteiger partial charge is 0.192 e. The van der Waals surface area contributed by atoms with E-state index in [4.69, 9.17) is 9.47 Å². The fourth-order valence-electron chi connectivity index (χ4n) is 0.952. The lowest BCUT2D eigenvalue weighted by Crippen LogP contribution is -2.02. The lowest BCUT2D eigenvalue weighted by atomic mass is 10.3. The third kappa shape index (κ3) is 1.88. The molecule has 1 aromatic rings. The fourth-order valence-corrected chi connectivity index (χ4v) is 2.58. The molecule has 0 aliphatic carbocycles. The van der Waals surface area contributed by atoms with E-state index >= 15 is 0 Å². The largest absolute Gasteiger partial charge is 0.351 e. The first-order chi connectivity index (χ1) is 5.70. The highest BCUT2D eigenvalue weighted by Gasteiger charge is 2.15. The lowest BCUT2D eigenvalue weighted by molar-refractivity contribution is -0.103. The number of ether oxygens (including phenoxy) is 2. The van der Waals surface area contributed by atoms with Gasteiger partial charge in [-0.2, -0.15) is 0 Å². The van der Waals surface area contributed by atoms with Gasteiger partial charge in [-0.1, -0.05) is 0 Å². The zero-order valence-electron chi connectivity index (χ0n) is 7.26. The molecule has 0 spiro atoms. The highest BCUT2D eigenvalue weighted by atomic mass is 79.9. The van der Waals surface area contributed by atoms with Gasteiger partial charge in [-0.05, 0) is 28.4 Å². The predicted octanol–water partition coefficient (Wildman–Crippen LogP) is 3.11. The average molecular weight is 251 g/mol. The van der Waals surface area contributed by atoms with Crippen molar-refractivity contribution in [1.29, 1.82) is 0 Å². The Kier molecular flexibility index (Phi) is 3.71. The summed E-state index contributed by atoms with van der Waals surface area (Å²) >= 11 is 5.08. The first-order valence-electron chi connectivity index (χ1n) is 3.49. The van der Waals surface area contributed by atoms with Crippen LogP contribution in [0, 0.1) is 6.92 Å². The Bertz CT molecular complexity index is 256. The zero-order valence-corrected chi connectivity index (χ0v) is 9.66. The van der Waals surface area contributed by atoms with Crippen molar-refractivity contribution in [2.24, 2.45) is 0 Å². The molecule has 0 aliphatic heterocycles. The average Bonchev–Trinajstić information content (AvgIpc) is 2.38. The molecule has 0 radical (unpaired) electrons. The van der Waals surface area contributed by atoms with Gasteiger partial charge in [0.15, 0.2) is 6.29 Å². The summed E-state index contributed by atoms with van der Waals surface area (Å²) in [5.74, 6) is 0. The molecule has 4 heteroatoms. The van der Waals surface area contributed by atoms with Gasteiger partial charge in [0.1, 0.15) is 0 Å². The molecule has 0 saturated heterocycles. The zero-order chi connectivity index (χ0) is 9.14. The van der Waals surface area contributed by atoms with Crippen LogP contribution in [0.5, 0.6) is 0 Å². The maximum Gasteiger partial charge on any atom is 0.192 e. The van der Waals surface area contributed by atoms with Crippen LogP contribution in [0.1, 0.15) is 16.7 Å². The quantitative estimate of drug-likeness (QED) is 0.768. The Balaban J connectivity index is 2.93. The minimum absolute atomic E-state index is 0.235. The highest BCUT2D eigenvalue weighted by molar-refractivity contribution is 9.10. The summed E-state index contributed by atoms with van der Waals surface area (Å²) in [6.45, 7) is 2.04. The van der Waals surface area contributed by atoms with Crippen molar-refractivity contribution >= 4 is 27.3 Å². The first kappa shape index (κ1) is 10.2. The second-order valence-electron chi connectivity index (χ2n) is 2.38. The van der Waals surface area contributed by atoms with E-state index < -0.39 is 0 Å². The van der Waals surface area contributed by atoms with Crippen LogP contribution in [0.4, 0.5) is 0 Å². The van der Waals surface area contributed by atoms with Gasteiger partial charge in [-0.15, -0.1) is 11.3 Å². The second-order valence-corrected chi connectivity index (χ2v) is 4.14. The molecule has 1 aromatic heterocycles. The van der Waals surface area contributed by atoms with Gasteiger partial charge in [0.05, 0.1) is 4.88 Å². The second kappa shape index (κ2) is 4.37. The van der Waals surface area contributed by atoms with Gasteiger partial charge < -0.3 is 9.47 Å². The SMILES string of the molecule is COC(OC)c1scc(Br)c1C. The molecule has 68 valence electrons. The van der Waals surface area contributed by atoms with Crippen molar-refractivity contribution in [2.45, 2.75) is 13.2 Å². The van der Waals surface area contributed by atoms with Crippen molar-refractivity contribution in [3.63, 3.8) is 0 Å². The van der Waals surface area contributed by atoms with Gasteiger partial charge in [-0.25, -0.2) is 0 Å². The summed E-state index contributed by atoms with van der Waals surface area (Å²) < 4.78 is 11.4. The van der Waals surface area contributed by atoms with Crippen molar-refractivity contribution in [2.75, 3.05) is 14.2 Å². The Morgan fingerprint density at radius 3 is 2.33 bits per heavy atom. The van der Waals surface area contributed by atoms with Gasteiger partial charge in [0.2, 0.25) is 0 Å². The molecule has 0 bridgehead atoms. The Labute approximate surface area is 84.6 Å². The molecule has 0 unspecified atom stereocenters. The topological polar surface area (TPSA) is 18.5 Å². The lowest BCUT2D eigenvalue weighted by Gasteiger charge is -2.12. The van der Waals surface area contributed by atoms with Crippen LogP contribution in [0.25, 0.3) is 0 Å². The minimum Gasteiger partial charge on any atom is -0.351 e. The molecule has 0 aliphatic rings. The third-order valence-electron chi connectivity index (χ3n) is 1.66. The fraction of sp³-hybridized carbons (Fsp3) is 0.500. The molecule has 1 heterocycles. The molecular formula is C8H11BrO2S. The van der Waals surface area contributed by atoms with E-state index in [1.54, 1.807) is 25.6 Å². The molecule has 1 rings (SSSR count). The van der Waals surface area contributed by atoms with Crippen molar-refractivity contribution in [3.05, 3.63) is 20.3 Å². The molecule has 0 atom stereocenters. The van der Waals surface area contributed by atoms with Crippen molar-refractivity contribution < 1.29 is 9.47 Å². The van der Waals surface area contributed by atoms with E-state index in [1.807, 2.05) is 12.3 Å². The standard InChI is InChI=1S/C8H11BrO2S/c1-5-6(9)4-12-7(5)8(10-2)11-3/h4,8H,1-3H3. The highest BCUT2D eigenvalue weighted by Crippen LogP contribution is 2.32. The van der Waals surface area contributed by atoms with Crippen LogP contribution >= 0.6 is 27.3 Å². The molecule has 2 nitrogen and oxygen atoms in total.